The van der Waals surface area contributed by atoms with Crippen LogP contribution in [0.1, 0.15) is 5.01 Å². The minimum atomic E-state index is 0.875. The minimum Gasteiger partial charge on any atom is -0.147 e. The van der Waals surface area contributed by atoms with E-state index in [1.165, 1.54) is 11.3 Å². The van der Waals surface area contributed by atoms with Crippen LogP contribution in [-0.2, 0) is 0 Å². The lowest BCUT2D eigenvalue weighted by Crippen LogP contribution is -1.65. The van der Waals surface area contributed by atoms with Crippen molar-refractivity contribution in [2.45, 2.75) is 0 Å². The van der Waals surface area contributed by atoms with E-state index < -0.39 is 0 Å². The Balaban J connectivity index is 2.96. The van der Waals surface area contributed by atoms with Gasteiger partial charge in [-0.1, -0.05) is 6.58 Å². The molecule has 0 atom stereocenters. The van der Waals surface area contributed by atoms with Crippen molar-refractivity contribution in [3.8, 4) is 0 Å². The molecule has 0 saturated carbocycles. The first kappa shape index (κ1) is 4.46. The number of hydrogen-bond acceptors (Lipinski definition) is 3. The molecule has 0 aliphatic heterocycles. The van der Waals surface area contributed by atoms with Crippen molar-refractivity contribution in [2.24, 2.45) is 0 Å². The summed E-state index contributed by atoms with van der Waals surface area (Å²) in [5.41, 5.74) is 1.68. The topological polar surface area (TPSA) is 25.8 Å². The van der Waals surface area contributed by atoms with Crippen molar-refractivity contribution in [3.05, 3.63) is 17.1 Å². The molecule has 0 unspecified atom stereocenters. The third-order valence-electron chi connectivity index (χ3n) is 0.552. The molecule has 1 rings (SSSR count). The molecule has 0 amide bonds. The van der Waals surface area contributed by atoms with E-state index in [-0.39, 0.29) is 0 Å². The standard InChI is InChI=1S/C4H4N2S/c1-2-4-6-5-3-7-4/h2-3H,1H2. The molecule has 36 valence electrons. The highest BCUT2D eigenvalue weighted by Gasteiger charge is 1.82. The lowest BCUT2D eigenvalue weighted by molar-refractivity contribution is 1.08. The Kier molecular flexibility index (Phi) is 1.17. The molecule has 0 aliphatic rings. The van der Waals surface area contributed by atoms with Gasteiger partial charge in [-0.15, -0.1) is 21.5 Å². The van der Waals surface area contributed by atoms with Crippen molar-refractivity contribution in [1.29, 1.82) is 0 Å². The quantitative estimate of drug-likeness (QED) is 0.545. The predicted molar refractivity (Wildman–Crippen MR) is 30.0 cm³/mol. The van der Waals surface area contributed by atoms with E-state index in [1.54, 1.807) is 11.6 Å². The first-order valence-electron chi connectivity index (χ1n) is 1.82. The molecule has 0 aliphatic carbocycles. The van der Waals surface area contributed by atoms with Crippen LogP contribution in [0.3, 0.4) is 0 Å². The summed E-state index contributed by atoms with van der Waals surface area (Å²) in [7, 11) is 0. The van der Waals surface area contributed by atoms with Crippen LogP contribution in [0.2, 0.25) is 0 Å². The van der Waals surface area contributed by atoms with Gasteiger partial charge in [0.15, 0.2) is 0 Å². The third-order valence-corrected chi connectivity index (χ3v) is 1.24. The second kappa shape index (κ2) is 1.84. The second-order valence-corrected chi connectivity index (χ2v) is 1.85. The summed E-state index contributed by atoms with van der Waals surface area (Å²) in [6, 6.07) is 0. The zero-order chi connectivity index (χ0) is 5.11. The summed E-state index contributed by atoms with van der Waals surface area (Å²) in [5, 5.41) is 8.15. The second-order valence-electron chi connectivity index (χ2n) is 0.981. The van der Waals surface area contributed by atoms with Gasteiger partial charge in [0.1, 0.15) is 10.5 Å². The molecule has 1 aromatic rings. The summed E-state index contributed by atoms with van der Waals surface area (Å²) in [6.45, 7) is 3.51. The Bertz CT molecular complexity index is 145. The van der Waals surface area contributed by atoms with E-state index in [1.807, 2.05) is 0 Å². The average Bonchev–Trinajstić information content (AvgIpc) is 2.14. The zero-order valence-corrected chi connectivity index (χ0v) is 4.48. The van der Waals surface area contributed by atoms with Crippen molar-refractivity contribution >= 4 is 17.4 Å². The van der Waals surface area contributed by atoms with Crippen LogP contribution in [-0.4, -0.2) is 10.2 Å². The van der Waals surface area contributed by atoms with Crippen molar-refractivity contribution in [1.82, 2.24) is 10.2 Å². The number of nitrogens with zero attached hydrogens (tertiary/aromatic N) is 2. The van der Waals surface area contributed by atoms with Crippen molar-refractivity contribution in [3.63, 3.8) is 0 Å². The van der Waals surface area contributed by atoms with E-state index in [4.69, 9.17) is 0 Å². The molecule has 0 spiro atoms. The first-order valence-corrected chi connectivity index (χ1v) is 2.70. The molecule has 0 fully saturated rings. The molecule has 7 heavy (non-hydrogen) atoms. The van der Waals surface area contributed by atoms with Crippen LogP contribution in [0, 0.1) is 0 Å². The first-order chi connectivity index (χ1) is 3.43. The maximum Gasteiger partial charge on any atom is 0.139 e. The fourth-order valence-electron chi connectivity index (χ4n) is 0.271. The van der Waals surface area contributed by atoms with Gasteiger partial charge in [-0.05, 0) is 6.08 Å². The number of aromatic nitrogens is 2. The van der Waals surface area contributed by atoms with Gasteiger partial charge in [-0.25, -0.2) is 0 Å². The Hall–Kier alpha value is -0.700. The summed E-state index contributed by atoms with van der Waals surface area (Å²) < 4.78 is 0. The van der Waals surface area contributed by atoms with Crippen molar-refractivity contribution in [2.75, 3.05) is 0 Å². The lowest BCUT2D eigenvalue weighted by atomic mass is 10.7. The predicted octanol–water partition coefficient (Wildman–Crippen LogP) is 1.18. The highest BCUT2D eigenvalue weighted by Crippen LogP contribution is 2.00. The molecule has 2 nitrogen and oxygen atoms in total. The highest BCUT2D eigenvalue weighted by atomic mass is 32.1. The Labute approximate surface area is 45.5 Å². The lowest BCUT2D eigenvalue weighted by Gasteiger charge is -1.67. The Morgan fingerprint density at radius 2 is 2.71 bits per heavy atom. The molecule has 0 saturated heterocycles. The summed E-state index contributed by atoms with van der Waals surface area (Å²) in [5.74, 6) is 0. The van der Waals surface area contributed by atoms with Gasteiger partial charge < -0.3 is 0 Å². The van der Waals surface area contributed by atoms with Crippen LogP contribution in [0.25, 0.3) is 6.08 Å². The molecule has 3 heteroatoms. The van der Waals surface area contributed by atoms with E-state index in [9.17, 15) is 0 Å². The third kappa shape index (κ3) is 0.838. The van der Waals surface area contributed by atoms with Gasteiger partial charge in [0, 0.05) is 0 Å². The Morgan fingerprint density at radius 1 is 1.86 bits per heavy atom. The molecule has 1 aromatic heterocycles. The molecule has 1 heterocycles. The maximum atomic E-state index is 3.69. The SMILES string of the molecule is C=Cc1nncs1. The minimum absolute atomic E-state index is 0.875. The smallest absolute Gasteiger partial charge is 0.139 e. The van der Waals surface area contributed by atoms with E-state index in [2.05, 4.69) is 16.8 Å². The molecular weight excluding hydrogens is 108 g/mol. The van der Waals surface area contributed by atoms with Gasteiger partial charge in [-0.3, -0.25) is 0 Å². The fourth-order valence-corrected chi connectivity index (χ4v) is 0.663. The maximum absolute atomic E-state index is 3.69. The summed E-state index contributed by atoms with van der Waals surface area (Å²) in [6.07, 6.45) is 1.68. The highest BCUT2D eigenvalue weighted by molar-refractivity contribution is 7.10. The molecule has 0 bridgehead atoms. The van der Waals surface area contributed by atoms with Crippen LogP contribution < -0.4 is 0 Å². The fraction of sp³-hybridized carbons (Fsp3) is 0. The molecule has 0 aromatic carbocycles. The van der Waals surface area contributed by atoms with Crippen LogP contribution in [0.4, 0.5) is 0 Å². The Morgan fingerprint density at radius 3 is 3.00 bits per heavy atom. The molecule has 0 radical (unpaired) electrons. The van der Waals surface area contributed by atoms with E-state index >= 15 is 0 Å². The summed E-state index contributed by atoms with van der Waals surface area (Å²) in [4.78, 5) is 0. The van der Waals surface area contributed by atoms with Gasteiger partial charge in [0.25, 0.3) is 0 Å². The largest absolute Gasteiger partial charge is 0.147 e. The van der Waals surface area contributed by atoms with E-state index in [0.29, 0.717) is 0 Å². The van der Waals surface area contributed by atoms with Crippen LogP contribution >= 0.6 is 11.3 Å². The van der Waals surface area contributed by atoms with Gasteiger partial charge in [0.05, 0.1) is 0 Å². The monoisotopic (exact) mass is 112 g/mol. The molecule has 0 N–H and O–H groups in total. The number of rotatable bonds is 1. The summed E-state index contributed by atoms with van der Waals surface area (Å²) >= 11 is 1.48. The van der Waals surface area contributed by atoms with Crippen LogP contribution in [0.5, 0.6) is 0 Å². The zero-order valence-electron chi connectivity index (χ0n) is 3.66. The van der Waals surface area contributed by atoms with E-state index in [0.717, 1.165) is 5.01 Å². The molecular formula is C4H4N2S. The van der Waals surface area contributed by atoms with Gasteiger partial charge in [0.2, 0.25) is 0 Å². The van der Waals surface area contributed by atoms with Crippen molar-refractivity contribution < 1.29 is 0 Å². The average molecular weight is 112 g/mol. The normalized spacial score (nSPS) is 8.57. The number of hydrogen-bond donors (Lipinski definition) is 0. The van der Waals surface area contributed by atoms with Crippen LogP contribution in [0.15, 0.2) is 12.1 Å². The van der Waals surface area contributed by atoms with Gasteiger partial charge >= 0.3 is 0 Å². The van der Waals surface area contributed by atoms with Gasteiger partial charge in [-0.2, -0.15) is 0 Å².